The summed E-state index contributed by atoms with van der Waals surface area (Å²) in [6.07, 6.45) is 1.46. The zero-order valence-corrected chi connectivity index (χ0v) is 13.0. The number of para-hydroxylation sites is 2. The second-order valence-electron chi connectivity index (χ2n) is 5.25. The summed E-state index contributed by atoms with van der Waals surface area (Å²) in [6, 6.07) is 16.1. The van der Waals surface area contributed by atoms with Gasteiger partial charge in [-0.25, -0.2) is 9.97 Å². The number of hydrogen-bond donors (Lipinski definition) is 4. The first kappa shape index (κ1) is 15.6. The summed E-state index contributed by atoms with van der Waals surface area (Å²) in [6.45, 7) is 0.922. The number of phenols is 2. The minimum absolute atomic E-state index is 0.247. The van der Waals surface area contributed by atoms with Crippen molar-refractivity contribution in [2.24, 2.45) is 0 Å². The topological polar surface area (TPSA) is 90.3 Å². The number of aromatic hydroxyl groups is 2. The number of rotatable bonds is 6. The fourth-order valence-electron chi connectivity index (χ4n) is 2.24. The minimum atomic E-state index is 0.247. The van der Waals surface area contributed by atoms with E-state index >= 15 is 0 Å². The van der Waals surface area contributed by atoms with E-state index in [9.17, 15) is 10.2 Å². The fourth-order valence-corrected chi connectivity index (χ4v) is 2.24. The summed E-state index contributed by atoms with van der Waals surface area (Å²) in [5, 5.41) is 25.8. The Kier molecular flexibility index (Phi) is 4.76. The molecular weight excluding hydrogens is 304 g/mol. The van der Waals surface area contributed by atoms with Crippen LogP contribution in [0.25, 0.3) is 0 Å². The van der Waals surface area contributed by atoms with Crippen LogP contribution in [-0.2, 0) is 13.1 Å². The molecule has 0 radical (unpaired) electrons. The molecule has 0 saturated heterocycles. The van der Waals surface area contributed by atoms with Crippen molar-refractivity contribution in [1.29, 1.82) is 0 Å². The summed E-state index contributed by atoms with van der Waals surface area (Å²) in [4.78, 5) is 8.33. The van der Waals surface area contributed by atoms with E-state index in [-0.39, 0.29) is 11.5 Å². The number of anilines is 2. The van der Waals surface area contributed by atoms with Crippen molar-refractivity contribution in [3.8, 4) is 11.5 Å². The van der Waals surface area contributed by atoms with Gasteiger partial charge in [0.05, 0.1) is 0 Å². The smallest absolute Gasteiger partial charge is 0.131 e. The number of nitrogens with one attached hydrogen (secondary N) is 2. The van der Waals surface area contributed by atoms with Crippen LogP contribution in [0.1, 0.15) is 11.1 Å². The summed E-state index contributed by atoms with van der Waals surface area (Å²) in [5.74, 6) is 1.79. The van der Waals surface area contributed by atoms with Crippen LogP contribution in [0.5, 0.6) is 11.5 Å². The SMILES string of the molecule is Oc1ccccc1CNc1cc(NCc2ccccc2O)ncn1. The number of hydrogen-bond acceptors (Lipinski definition) is 6. The molecule has 0 amide bonds. The highest BCUT2D eigenvalue weighted by molar-refractivity contribution is 5.48. The van der Waals surface area contributed by atoms with Crippen LogP contribution >= 0.6 is 0 Å². The summed E-state index contributed by atoms with van der Waals surface area (Å²) in [7, 11) is 0. The van der Waals surface area contributed by atoms with Crippen molar-refractivity contribution in [2.75, 3.05) is 10.6 Å². The van der Waals surface area contributed by atoms with Gasteiger partial charge in [-0.05, 0) is 12.1 Å². The van der Waals surface area contributed by atoms with Crippen LogP contribution < -0.4 is 10.6 Å². The quantitative estimate of drug-likeness (QED) is 0.557. The molecule has 6 nitrogen and oxygen atoms in total. The van der Waals surface area contributed by atoms with Gasteiger partial charge >= 0.3 is 0 Å². The van der Waals surface area contributed by atoms with E-state index in [0.29, 0.717) is 24.7 Å². The van der Waals surface area contributed by atoms with Crippen molar-refractivity contribution in [2.45, 2.75) is 13.1 Å². The van der Waals surface area contributed by atoms with E-state index in [2.05, 4.69) is 20.6 Å². The van der Waals surface area contributed by atoms with Crippen molar-refractivity contribution in [1.82, 2.24) is 9.97 Å². The van der Waals surface area contributed by atoms with Crippen molar-refractivity contribution in [3.63, 3.8) is 0 Å². The van der Waals surface area contributed by atoms with Crippen molar-refractivity contribution in [3.05, 3.63) is 72.1 Å². The molecule has 0 saturated carbocycles. The maximum absolute atomic E-state index is 9.77. The largest absolute Gasteiger partial charge is 0.508 e. The molecule has 1 aromatic heterocycles. The third-order valence-electron chi connectivity index (χ3n) is 3.57. The number of phenolic OH excluding ortho intramolecular Hbond substituents is 2. The number of aromatic nitrogens is 2. The fraction of sp³-hybridized carbons (Fsp3) is 0.111. The standard InChI is InChI=1S/C18H18N4O2/c23-15-7-3-1-5-13(15)10-19-17-9-18(22-12-21-17)20-11-14-6-2-4-8-16(14)24/h1-9,12,23-24H,10-11H2,(H2,19,20,21,22). The Bertz CT molecular complexity index is 759. The average molecular weight is 322 g/mol. The van der Waals surface area contributed by atoms with Gasteiger partial charge in [0.1, 0.15) is 29.5 Å². The van der Waals surface area contributed by atoms with Crippen LogP contribution in [0.4, 0.5) is 11.6 Å². The van der Waals surface area contributed by atoms with Crippen LogP contribution in [0.3, 0.4) is 0 Å². The molecule has 1 heterocycles. The Morgan fingerprint density at radius 3 is 1.62 bits per heavy atom. The maximum atomic E-state index is 9.77. The molecule has 0 atom stereocenters. The van der Waals surface area contributed by atoms with Gasteiger partial charge in [0, 0.05) is 30.3 Å². The maximum Gasteiger partial charge on any atom is 0.131 e. The molecule has 24 heavy (non-hydrogen) atoms. The third kappa shape index (κ3) is 3.92. The zero-order valence-electron chi connectivity index (χ0n) is 13.0. The molecule has 0 aliphatic heterocycles. The van der Waals surface area contributed by atoms with E-state index in [1.54, 1.807) is 30.3 Å². The average Bonchev–Trinajstić information content (AvgIpc) is 2.61. The second-order valence-corrected chi connectivity index (χ2v) is 5.25. The van der Waals surface area contributed by atoms with E-state index in [1.807, 2.05) is 24.3 Å². The van der Waals surface area contributed by atoms with E-state index in [4.69, 9.17) is 0 Å². The number of benzene rings is 2. The minimum Gasteiger partial charge on any atom is -0.508 e. The van der Waals surface area contributed by atoms with Gasteiger partial charge in [0.2, 0.25) is 0 Å². The lowest BCUT2D eigenvalue weighted by Crippen LogP contribution is -2.05. The van der Waals surface area contributed by atoms with Gasteiger partial charge in [-0.15, -0.1) is 0 Å². The highest BCUT2D eigenvalue weighted by Gasteiger charge is 2.03. The monoisotopic (exact) mass is 322 g/mol. The zero-order chi connectivity index (χ0) is 16.8. The van der Waals surface area contributed by atoms with E-state index < -0.39 is 0 Å². The summed E-state index contributed by atoms with van der Waals surface area (Å²) < 4.78 is 0. The molecule has 4 N–H and O–H groups in total. The highest BCUT2D eigenvalue weighted by atomic mass is 16.3. The van der Waals surface area contributed by atoms with Gasteiger partial charge in [0.25, 0.3) is 0 Å². The molecular formula is C18H18N4O2. The summed E-state index contributed by atoms with van der Waals surface area (Å²) >= 11 is 0. The highest BCUT2D eigenvalue weighted by Crippen LogP contribution is 2.19. The molecule has 0 aliphatic carbocycles. The van der Waals surface area contributed by atoms with Crippen LogP contribution in [0.15, 0.2) is 60.9 Å². The predicted octanol–water partition coefficient (Wildman–Crippen LogP) is 3.11. The third-order valence-corrected chi connectivity index (χ3v) is 3.57. The molecule has 0 fully saturated rings. The van der Waals surface area contributed by atoms with Gasteiger partial charge in [-0.1, -0.05) is 36.4 Å². The molecule has 0 bridgehead atoms. The lowest BCUT2D eigenvalue weighted by atomic mass is 10.2. The van der Waals surface area contributed by atoms with Crippen LogP contribution in [0, 0.1) is 0 Å². The van der Waals surface area contributed by atoms with Gasteiger partial charge in [0.15, 0.2) is 0 Å². The Balaban J connectivity index is 1.62. The van der Waals surface area contributed by atoms with Crippen molar-refractivity contribution >= 4 is 11.6 Å². The Hall–Kier alpha value is -3.28. The van der Waals surface area contributed by atoms with Gasteiger partial charge in [-0.2, -0.15) is 0 Å². The molecule has 3 rings (SSSR count). The summed E-state index contributed by atoms with van der Waals surface area (Å²) in [5.41, 5.74) is 1.58. The van der Waals surface area contributed by atoms with Gasteiger partial charge in [-0.3, -0.25) is 0 Å². The van der Waals surface area contributed by atoms with Gasteiger partial charge < -0.3 is 20.8 Å². The molecule has 0 spiro atoms. The molecule has 0 aliphatic rings. The lowest BCUT2D eigenvalue weighted by Gasteiger charge is -2.10. The van der Waals surface area contributed by atoms with E-state index in [0.717, 1.165) is 11.1 Å². The first-order valence-electron chi connectivity index (χ1n) is 7.56. The van der Waals surface area contributed by atoms with Crippen LogP contribution in [-0.4, -0.2) is 20.2 Å². The van der Waals surface area contributed by atoms with E-state index in [1.165, 1.54) is 6.33 Å². The lowest BCUT2D eigenvalue weighted by molar-refractivity contribution is 0.468. The molecule has 3 aromatic rings. The Morgan fingerprint density at radius 2 is 1.17 bits per heavy atom. The first-order chi connectivity index (χ1) is 11.7. The Labute approximate surface area is 139 Å². The second kappa shape index (κ2) is 7.32. The molecule has 6 heteroatoms. The van der Waals surface area contributed by atoms with Crippen LogP contribution in [0.2, 0.25) is 0 Å². The molecule has 122 valence electrons. The molecule has 0 unspecified atom stereocenters. The number of nitrogens with zero attached hydrogens (tertiary/aromatic N) is 2. The van der Waals surface area contributed by atoms with Crippen molar-refractivity contribution < 1.29 is 10.2 Å². The first-order valence-corrected chi connectivity index (χ1v) is 7.56. The normalized spacial score (nSPS) is 10.3. The predicted molar refractivity (Wildman–Crippen MR) is 92.9 cm³/mol. The molecule has 2 aromatic carbocycles. The Morgan fingerprint density at radius 1 is 0.708 bits per heavy atom.